The van der Waals surface area contributed by atoms with Crippen LogP contribution in [0.25, 0.3) is 11.4 Å². The molecule has 2 heterocycles. The third-order valence-corrected chi connectivity index (χ3v) is 3.75. The highest BCUT2D eigenvalue weighted by atomic mass is 16.5. The van der Waals surface area contributed by atoms with Crippen LogP contribution in [0.15, 0.2) is 45.8 Å². The van der Waals surface area contributed by atoms with E-state index >= 15 is 0 Å². The van der Waals surface area contributed by atoms with E-state index in [9.17, 15) is 4.79 Å². The molecule has 0 atom stereocenters. The molecule has 0 aliphatic carbocycles. The van der Waals surface area contributed by atoms with Gasteiger partial charge in [-0.15, -0.1) is 0 Å². The van der Waals surface area contributed by atoms with Crippen molar-refractivity contribution in [1.82, 2.24) is 20.0 Å². The van der Waals surface area contributed by atoms with Gasteiger partial charge >= 0.3 is 0 Å². The average molecular weight is 340 g/mol. The summed E-state index contributed by atoms with van der Waals surface area (Å²) >= 11 is 0. The molecule has 130 valence electrons. The molecule has 0 fully saturated rings. The first kappa shape index (κ1) is 16.9. The second-order valence-corrected chi connectivity index (χ2v) is 5.94. The Morgan fingerprint density at radius 3 is 2.84 bits per heavy atom. The summed E-state index contributed by atoms with van der Waals surface area (Å²) in [4.78, 5) is 21.3. The van der Waals surface area contributed by atoms with Crippen LogP contribution < -0.4 is 10.2 Å². The standard InChI is InChI=1S/C18H20N4O3/c1-12-5-4-6-13(7-12)18-20-17(25-21-18)11-22(2)10-14-8-15(23)16(24-3)9-19-14/h4-9H,10-11H2,1-3H3,(H,19,23). The zero-order chi connectivity index (χ0) is 17.8. The summed E-state index contributed by atoms with van der Waals surface area (Å²) in [7, 11) is 3.39. The average Bonchev–Trinajstić information content (AvgIpc) is 3.03. The Labute approximate surface area is 145 Å². The molecular weight excluding hydrogens is 320 g/mol. The number of pyridine rings is 1. The van der Waals surface area contributed by atoms with Gasteiger partial charge in [-0.25, -0.2) is 0 Å². The summed E-state index contributed by atoms with van der Waals surface area (Å²) in [6.07, 6.45) is 1.56. The summed E-state index contributed by atoms with van der Waals surface area (Å²) < 4.78 is 10.3. The Morgan fingerprint density at radius 1 is 1.28 bits per heavy atom. The molecule has 0 aliphatic heterocycles. The fraction of sp³-hybridized carbons (Fsp3) is 0.278. The van der Waals surface area contributed by atoms with Gasteiger partial charge in [0.1, 0.15) is 0 Å². The second-order valence-electron chi connectivity index (χ2n) is 5.94. The Kier molecular flexibility index (Phi) is 4.95. The number of nitrogens with one attached hydrogen (secondary N) is 1. The summed E-state index contributed by atoms with van der Waals surface area (Å²) in [5.74, 6) is 1.39. The van der Waals surface area contributed by atoms with Crippen molar-refractivity contribution in [3.63, 3.8) is 0 Å². The molecule has 1 aromatic carbocycles. The minimum atomic E-state index is -0.149. The highest BCUT2D eigenvalue weighted by molar-refractivity contribution is 5.55. The number of methoxy groups -OCH3 is 1. The Morgan fingerprint density at radius 2 is 2.12 bits per heavy atom. The number of rotatable bonds is 6. The van der Waals surface area contributed by atoms with Crippen molar-refractivity contribution >= 4 is 0 Å². The first-order valence-corrected chi connectivity index (χ1v) is 7.89. The molecule has 25 heavy (non-hydrogen) atoms. The van der Waals surface area contributed by atoms with Crippen molar-refractivity contribution in [1.29, 1.82) is 0 Å². The van der Waals surface area contributed by atoms with Gasteiger partial charge < -0.3 is 14.2 Å². The third-order valence-electron chi connectivity index (χ3n) is 3.75. The molecule has 0 bridgehead atoms. The fourth-order valence-electron chi connectivity index (χ4n) is 2.55. The van der Waals surface area contributed by atoms with E-state index in [-0.39, 0.29) is 5.43 Å². The van der Waals surface area contributed by atoms with Gasteiger partial charge in [-0.1, -0.05) is 28.9 Å². The molecule has 0 unspecified atom stereocenters. The second kappa shape index (κ2) is 7.31. The van der Waals surface area contributed by atoms with E-state index in [0.29, 0.717) is 30.6 Å². The molecule has 0 aliphatic rings. The van der Waals surface area contributed by atoms with Gasteiger partial charge in [0.2, 0.25) is 17.1 Å². The lowest BCUT2D eigenvalue weighted by molar-refractivity contribution is 0.258. The topological polar surface area (TPSA) is 84.2 Å². The molecule has 0 saturated carbocycles. The molecule has 0 radical (unpaired) electrons. The van der Waals surface area contributed by atoms with Gasteiger partial charge in [0.25, 0.3) is 0 Å². The first-order valence-electron chi connectivity index (χ1n) is 7.89. The molecule has 7 nitrogen and oxygen atoms in total. The molecule has 0 saturated heterocycles. The van der Waals surface area contributed by atoms with Crippen LogP contribution in [-0.2, 0) is 13.1 Å². The normalized spacial score (nSPS) is 11.0. The van der Waals surface area contributed by atoms with E-state index in [1.54, 1.807) is 6.20 Å². The van der Waals surface area contributed by atoms with E-state index in [1.165, 1.54) is 13.2 Å². The number of aromatic amines is 1. The smallest absolute Gasteiger partial charge is 0.241 e. The molecular formula is C18H20N4O3. The molecule has 3 aromatic rings. The summed E-state index contributed by atoms with van der Waals surface area (Å²) in [6, 6.07) is 9.48. The Bertz CT molecular complexity index is 916. The van der Waals surface area contributed by atoms with Crippen LogP contribution in [0.3, 0.4) is 0 Å². The van der Waals surface area contributed by atoms with Crippen molar-refractivity contribution in [2.75, 3.05) is 14.2 Å². The van der Waals surface area contributed by atoms with Gasteiger partial charge in [0.15, 0.2) is 5.75 Å². The van der Waals surface area contributed by atoms with Crippen LogP contribution in [0.5, 0.6) is 5.75 Å². The monoisotopic (exact) mass is 340 g/mol. The number of nitrogens with zero attached hydrogens (tertiary/aromatic N) is 3. The zero-order valence-electron chi connectivity index (χ0n) is 14.4. The van der Waals surface area contributed by atoms with Crippen molar-refractivity contribution < 1.29 is 9.26 Å². The van der Waals surface area contributed by atoms with Crippen molar-refractivity contribution in [2.24, 2.45) is 0 Å². The molecule has 0 amide bonds. The minimum absolute atomic E-state index is 0.149. The number of hydrogen-bond donors (Lipinski definition) is 1. The van der Waals surface area contributed by atoms with E-state index < -0.39 is 0 Å². The van der Waals surface area contributed by atoms with E-state index in [2.05, 4.69) is 15.1 Å². The van der Waals surface area contributed by atoms with Gasteiger partial charge in [0, 0.05) is 30.1 Å². The number of aromatic nitrogens is 3. The Balaban J connectivity index is 1.66. The molecule has 0 spiro atoms. The van der Waals surface area contributed by atoms with E-state index in [4.69, 9.17) is 9.26 Å². The highest BCUT2D eigenvalue weighted by Crippen LogP contribution is 2.17. The third kappa shape index (κ3) is 4.13. The van der Waals surface area contributed by atoms with Crippen molar-refractivity contribution in [3.8, 4) is 17.1 Å². The van der Waals surface area contributed by atoms with Gasteiger partial charge in [-0.05, 0) is 20.0 Å². The zero-order valence-corrected chi connectivity index (χ0v) is 14.4. The maximum absolute atomic E-state index is 11.8. The molecule has 1 N–H and O–H groups in total. The number of aryl methyl sites for hydroxylation is 1. The number of ether oxygens (including phenoxy) is 1. The molecule has 3 rings (SSSR count). The van der Waals surface area contributed by atoms with Crippen molar-refractivity contribution in [3.05, 3.63) is 63.9 Å². The van der Waals surface area contributed by atoms with Crippen molar-refractivity contribution in [2.45, 2.75) is 20.0 Å². The fourth-order valence-corrected chi connectivity index (χ4v) is 2.55. The van der Waals surface area contributed by atoms with Crippen LogP contribution in [0, 0.1) is 6.92 Å². The van der Waals surface area contributed by atoms with E-state index in [0.717, 1.165) is 16.8 Å². The SMILES string of the molecule is COc1c[nH]c(CN(C)Cc2nc(-c3cccc(C)c3)no2)cc1=O. The molecule has 2 aromatic heterocycles. The van der Waals surface area contributed by atoms with E-state index in [1.807, 2.05) is 43.1 Å². The lowest BCUT2D eigenvalue weighted by atomic mass is 10.1. The van der Waals surface area contributed by atoms with Crippen LogP contribution in [-0.4, -0.2) is 34.2 Å². The minimum Gasteiger partial charge on any atom is -0.491 e. The highest BCUT2D eigenvalue weighted by Gasteiger charge is 2.12. The predicted molar refractivity (Wildman–Crippen MR) is 93.3 cm³/mol. The lowest BCUT2D eigenvalue weighted by Crippen LogP contribution is -2.19. The largest absolute Gasteiger partial charge is 0.491 e. The number of H-pyrrole nitrogens is 1. The summed E-state index contributed by atoms with van der Waals surface area (Å²) in [5.41, 5.74) is 2.71. The van der Waals surface area contributed by atoms with Gasteiger partial charge in [-0.3, -0.25) is 9.69 Å². The number of benzene rings is 1. The maximum atomic E-state index is 11.8. The molecule has 7 heteroatoms. The van der Waals surface area contributed by atoms with Crippen LogP contribution in [0.2, 0.25) is 0 Å². The van der Waals surface area contributed by atoms with Crippen LogP contribution in [0.1, 0.15) is 17.1 Å². The predicted octanol–water partition coefficient (Wildman–Crippen LogP) is 2.37. The first-order chi connectivity index (χ1) is 12.0. The summed E-state index contributed by atoms with van der Waals surface area (Å²) in [6.45, 7) is 3.04. The summed E-state index contributed by atoms with van der Waals surface area (Å²) in [5, 5.41) is 4.04. The number of hydrogen-bond acceptors (Lipinski definition) is 6. The van der Waals surface area contributed by atoms with Crippen LogP contribution in [0.4, 0.5) is 0 Å². The quantitative estimate of drug-likeness (QED) is 0.742. The van der Waals surface area contributed by atoms with Gasteiger partial charge in [-0.2, -0.15) is 4.98 Å². The lowest BCUT2D eigenvalue weighted by Gasteiger charge is -2.14. The van der Waals surface area contributed by atoms with Crippen LogP contribution >= 0.6 is 0 Å². The Hall–Kier alpha value is -2.93. The van der Waals surface area contributed by atoms with Gasteiger partial charge in [0.05, 0.1) is 13.7 Å². The maximum Gasteiger partial charge on any atom is 0.241 e.